The van der Waals surface area contributed by atoms with Gasteiger partial charge >= 0.3 is 0 Å². The van der Waals surface area contributed by atoms with E-state index in [9.17, 15) is 0 Å². The fourth-order valence-electron chi connectivity index (χ4n) is 8.25. The summed E-state index contributed by atoms with van der Waals surface area (Å²) in [6, 6.07) is 22.4. The van der Waals surface area contributed by atoms with E-state index < -0.39 is 0 Å². The molecule has 0 aliphatic heterocycles. The zero-order valence-corrected chi connectivity index (χ0v) is 34.0. The van der Waals surface area contributed by atoms with Crippen LogP contribution in [0.1, 0.15) is 205 Å². The molecule has 3 rings (SSSR count). The zero-order chi connectivity index (χ0) is 36.1. The predicted molar refractivity (Wildman–Crippen MR) is 224 cm³/mol. The molecule has 1 heterocycles. The van der Waals surface area contributed by atoms with E-state index in [4.69, 9.17) is 0 Å². The van der Waals surface area contributed by atoms with Gasteiger partial charge in [0.2, 0.25) is 0 Å². The number of imidazole rings is 1. The van der Waals surface area contributed by atoms with Crippen molar-refractivity contribution in [3.63, 3.8) is 0 Å². The van der Waals surface area contributed by atoms with Gasteiger partial charge in [0.1, 0.15) is 12.4 Å². The third-order valence-electron chi connectivity index (χ3n) is 11.5. The van der Waals surface area contributed by atoms with Crippen molar-refractivity contribution in [2.75, 3.05) is 0 Å². The van der Waals surface area contributed by atoms with Gasteiger partial charge in [0.15, 0.2) is 0 Å². The summed E-state index contributed by atoms with van der Waals surface area (Å²) in [5, 5.41) is 0. The first-order valence-electron chi connectivity index (χ1n) is 22.3. The molecule has 0 fully saturated rings. The maximum atomic E-state index is 2.63. The van der Waals surface area contributed by atoms with Gasteiger partial charge in [0.25, 0.3) is 5.82 Å². The lowest BCUT2D eigenvalue weighted by Crippen LogP contribution is -2.47. The normalized spacial score (nSPS) is 12.8. The Morgan fingerprint density at radius 3 is 1.37 bits per heavy atom. The van der Waals surface area contributed by atoms with Crippen LogP contribution in [0.2, 0.25) is 0 Å². The monoisotopic (exact) mass is 698 g/mol. The maximum absolute atomic E-state index is 2.63. The highest BCUT2D eigenvalue weighted by Crippen LogP contribution is 2.29. The van der Waals surface area contributed by atoms with Crippen LogP contribution in [0.15, 0.2) is 73.1 Å². The first-order valence-corrected chi connectivity index (χ1v) is 22.3. The maximum Gasteiger partial charge on any atom is 0.256 e. The number of benzene rings is 2. The number of aryl methyl sites for hydroxylation is 1. The standard InChI is InChI=1S/C49H81N2/c1-4-6-8-10-12-14-15-16-17-18-19-20-21-23-25-27-35-41-50-42-43-51(48(50)40-34-26-24-22-13-11-9-7-5-2)45-49(3,47-38-32-29-33-39-47)44-46-36-30-28-31-37-46/h28-33,36-39,42-43H,4-27,34-35,40-41,44-45H2,1-3H3/q+1. The number of aromatic nitrogens is 2. The second kappa shape index (κ2) is 28.2. The molecule has 0 amide bonds. The van der Waals surface area contributed by atoms with Crippen LogP contribution in [0.3, 0.4) is 0 Å². The second-order valence-corrected chi connectivity index (χ2v) is 16.4. The average Bonchev–Trinajstić information content (AvgIpc) is 3.52. The van der Waals surface area contributed by atoms with Crippen molar-refractivity contribution in [2.45, 2.75) is 219 Å². The van der Waals surface area contributed by atoms with Crippen molar-refractivity contribution in [1.82, 2.24) is 4.57 Å². The van der Waals surface area contributed by atoms with E-state index in [2.05, 4.69) is 103 Å². The molecule has 0 N–H and O–H groups in total. The van der Waals surface area contributed by atoms with Crippen molar-refractivity contribution in [1.29, 1.82) is 0 Å². The molecule has 0 spiro atoms. The summed E-state index contributed by atoms with van der Waals surface area (Å²) in [6.07, 6.45) is 43.8. The summed E-state index contributed by atoms with van der Waals surface area (Å²) in [5.41, 5.74) is 2.89. The van der Waals surface area contributed by atoms with Crippen molar-refractivity contribution in [3.8, 4) is 0 Å². The van der Waals surface area contributed by atoms with E-state index in [0.717, 1.165) is 13.0 Å². The quantitative estimate of drug-likeness (QED) is 0.0442. The molecular weight excluding hydrogens is 617 g/mol. The van der Waals surface area contributed by atoms with Gasteiger partial charge in [-0.05, 0) is 36.8 Å². The highest BCUT2D eigenvalue weighted by Gasteiger charge is 2.32. The number of hydrogen-bond donors (Lipinski definition) is 0. The lowest BCUT2D eigenvalue weighted by atomic mass is 9.77. The Morgan fingerprint density at radius 1 is 0.490 bits per heavy atom. The van der Waals surface area contributed by atoms with Gasteiger partial charge in [-0.25, -0.2) is 9.13 Å². The Hall–Kier alpha value is -2.35. The van der Waals surface area contributed by atoms with E-state index in [1.54, 1.807) is 5.82 Å². The third kappa shape index (κ3) is 18.8. The average molecular weight is 698 g/mol. The molecule has 0 bridgehead atoms. The molecule has 2 nitrogen and oxygen atoms in total. The van der Waals surface area contributed by atoms with Crippen LogP contribution >= 0.6 is 0 Å². The summed E-state index contributed by atoms with van der Waals surface area (Å²) in [4.78, 5) is 0. The number of nitrogens with zero attached hydrogens (tertiary/aromatic N) is 2. The van der Waals surface area contributed by atoms with Gasteiger partial charge in [-0.1, -0.05) is 229 Å². The molecule has 0 aliphatic carbocycles. The number of hydrogen-bond acceptors (Lipinski definition) is 0. The molecule has 0 saturated carbocycles. The molecule has 0 radical (unpaired) electrons. The minimum atomic E-state index is 0.0284. The molecule has 0 saturated heterocycles. The summed E-state index contributed by atoms with van der Waals surface area (Å²) in [5.74, 6) is 1.55. The van der Waals surface area contributed by atoms with Crippen LogP contribution < -0.4 is 4.57 Å². The van der Waals surface area contributed by atoms with Gasteiger partial charge in [0, 0.05) is 11.8 Å². The molecule has 1 atom stereocenters. The van der Waals surface area contributed by atoms with Crippen molar-refractivity contribution in [3.05, 3.63) is 90.0 Å². The highest BCUT2D eigenvalue weighted by atomic mass is 15.2. The molecule has 286 valence electrons. The third-order valence-corrected chi connectivity index (χ3v) is 11.5. The summed E-state index contributed by atoms with van der Waals surface area (Å²) < 4.78 is 5.26. The smallest absolute Gasteiger partial charge is 0.234 e. The Bertz CT molecular complexity index is 1200. The minimum absolute atomic E-state index is 0.0284. The van der Waals surface area contributed by atoms with Crippen molar-refractivity contribution < 1.29 is 4.57 Å². The molecule has 2 aromatic carbocycles. The van der Waals surface area contributed by atoms with E-state index in [1.807, 2.05) is 0 Å². The van der Waals surface area contributed by atoms with E-state index in [1.165, 1.54) is 191 Å². The van der Waals surface area contributed by atoms with Crippen LogP contribution in [0.4, 0.5) is 0 Å². The van der Waals surface area contributed by atoms with Gasteiger partial charge in [-0.3, -0.25) is 0 Å². The number of unbranched alkanes of at least 4 members (excludes halogenated alkanes) is 24. The molecule has 51 heavy (non-hydrogen) atoms. The van der Waals surface area contributed by atoms with Gasteiger partial charge in [-0.2, -0.15) is 0 Å². The summed E-state index contributed by atoms with van der Waals surface area (Å²) >= 11 is 0. The Kier molecular flexibility index (Phi) is 23.8. The van der Waals surface area contributed by atoms with Gasteiger partial charge in [0.05, 0.1) is 13.1 Å². The molecule has 3 aromatic rings. The SMILES string of the molecule is CCCCCCCCCCCCCCCCCCCn1cc[n+](CC(C)(Cc2ccccc2)c2ccccc2)c1CCCCCCCCCCC. The van der Waals surface area contributed by atoms with Crippen molar-refractivity contribution in [2.24, 2.45) is 0 Å². The van der Waals surface area contributed by atoms with E-state index in [0.29, 0.717) is 0 Å². The Morgan fingerprint density at radius 2 is 0.902 bits per heavy atom. The van der Waals surface area contributed by atoms with Crippen molar-refractivity contribution >= 4 is 0 Å². The van der Waals surface area contributed by atoms with Crippen LogP contribution in [-0.4, -0.2) is 4.57 Å². The molecule has 2 heteroatoms. The fraction of sp³-hybridized carbons (Fsp3) is 0.694. The topological polar surface area (TPSA) is 8.81 Å². The molecule has 1 aromatic heterocycles. The second-order valence-electron chi connectivity index (χ2n) is 16.4. The Labute approximate surface area is 317 Å². The molecular formula is C49H81N2+. The lowest BCUT2D eigenvalue weighted by Gasteiger charge is -2.29. The minimum Gasteiger partial charge on any atom is -0.234 e. The predicted octanol–water partition coefficient (Wildman–Crippen LogP) is 14.7. The largest absolute Gasteiger partial charge is 0.256 e. The van der Waals surface area contributed by atoms with Crippen LogP contribution in [0.25, 0.3) is 0 Å². The van der Waals surface area contributed by atoms with Crippen LogP contribution in [0, 0.1) is 0 Å². The zero-order valence-electron chi connectivity index (χ0n) is 34.0. The first kappa shape index (κ1) is 43.1. The van der Waals surface area contributed by atoms with E-state index >= 15 is 0 Å². The molecule has 0 aliphatic rings. The van der Waals surface area contributed by atoms with E-state index in [-0.39, 0.29) is 5.41 Å². The highest BCUT2D eigenvalue weighted by molar-refractivity contribution is 5.28. The van der Waals surface area contributed by atoms with Gasteiger partial charge in [-0.15, -0.1) is 0 Å². The first-order chi connectivity index (χ1) is 25.2. The van der Waals surface area contributed by atoms with Gasteiger partial charge < -0.3 is 0 Å². The fourth-order valence-corrected chi connectivity index (χ4v) is 8.25. The van der Waals surface area contributed by atoms with Crippen LogP contribution in [-0.2, 0) is 31.3 Å². The van der Waals surface area contributed by atoms with Crippen LogP contribution in [0.5, 0.6) is 0 Å². The Balaban J connectivity index is 1.45. The molecule has 1 unspecified atom stereocenters. The number of rotatable bonds is 33. The lowest BCUT2D eigenvalue weighted by molar-refractivity contribution is -0.711. The summed E-state index contributed by atoms with van der Waals surface area (Å²) in [7, 11) is 0. The summed E-state index contributed by atoms with van der Waals surface area (Å²) in [6.45, 7) is 9.29.